The molecule has 1 heterocycles. The van der Waals surface area contributed by atoms with E-state index in [0.717, 1.165) is 31.4 Å². The fourth-order valence-corrected chi connectivity index (χ4v) is 3.77. The van der Waals surface area contributed by atoms with Gasteiger partial charge in [0.2, 0.25) is 0 Å². The van der Waals surface area contributed by atoms with Gasteiger partial charge in [0.1, 0.15) is 12.4 Å². The standard InChI is InChI=1S/C20H34N4O3S/c1-17-9-14-24(15-10-17)13-4-11-22-20(21-2)23-12-16-27-18-5-7-19(8-6-18)28(3,25)26/h5-8,17H,4,9-16H2,1-3H3,(H2,21,22,23). The van der Waals surface area contributed by atoms with Crippen LogP contribution in [0.25, 0.3) is 0 Å². The number of likely N-dealkylation sites (tertiary alicyclic amines) is 1. The minimum absolute atomic E-state index is 0.293. The molecule has 0 spiro atoms. The predicted molar refractivity (Wildman–Crippen MR) is 114 cm³/mol. The van der Waals surface area contributed by atoms with Crippen molar-refractivity contribution in [3.63, 3.8) is 0 Å². The highest BCUT2D eigenvalue weighted by Crippen LogP contribution is 2.16. The molecule has 1 aliphatic heterocycles. The van der Waals surface area contributed by atoms with Crippen molar-refractivity contribution in [1.29, 1.82) is 0 Å². The minimum atomic E-state index is -3.18. The average molecular weight is 411 g/mol. The summed E-state index contributed by atoms with van der Waals surface area (Å²) in [4.78, 5) is 7.06. The number of aliphatic imine (C=N–C) groups is 1. The van der Waals surface area contributed by atoms with Crippen LogP contribution in [0.3, 0.4) is 0 Å². The van der Waals surface area contributed by atoms with Crippen molar-refractivity contribution >= 4 is 15.8 Å². The van der Waals surface area contributed by atoms with E-state index in [2.05, 4.69) is 27.4 Å². The summed E-state index contributed by atoms with van der Waals surface area (Å²) in [6.07, 6.45) is 4.91. The molecule has 0 radical (unpaired) electrons. The number of rotatable bonds is 9. The topological polar surface area (TPSA) is 83.0 Å². The number of ether oxygens (including phenoxy) is 1. The van der Waals surface area contributed by atoms with Gasteiger partial charge >= 0.3 is 0 Å². The Bertz CT molecular complexity index is 711. The molecule has 2 N–H and O–H groups in total. The molecule has 1 aromatic carbocycles. The summed E-state index contributed by atoms with van der Waals surface area (Å²) in [5.74, 6) is 2.29. The van der Waals surface area contributed by atoms with E-state index in [4.69, 9.17) is 4.74 Å². The van der Waals surface area contributed by atoms with E-state index in [-0.39, 0.29) is 0 Å². The molecule has 158 valence electrons. The van der Waals surface area contributed by atoms with E-state index >= 15 is 0 Å². The molecule has 1 aromatic rings. The van der Waals surface area contributed by atoms with Crippen LogP contribution >= 0.6 is 0 Å². The molecule has 1 saturated heterocycles. The average Bonchev–Trinajstić information content (AvgIpc) is 2.68. The minimum Gasteiger partial charge on any atom is -0.492 e. The first kappa shape index (κ1) is 22.5. The molecule has 8 heteroatoms. The molecule has 0 saturated carbocycles. The first-order chi connectivity index (χ1) is 13.4. The number of hydrogen-bond acceptors (Lipinski definition) is 5. The van der Waals surface area contributed by atoms with E-state index in [1.807, 2.05) is 0 Å². The lowest BCUT2D eigenvalue weighted by molar-refractivity contribution is 0.191. The van der Waals surface area contributed by atoms with Gasteiger partial charge in [0.15, 0.2) is 15.8 Å². The fourth-order valence-electron chi connectivity index (χ4n) is 3.14. The summed E-state index contributed by atoms with van der Waals surface area (Å²) < 4.78 is 28.5. The van der Waals surface area contributed by atoms with Crippen LogP contribution < -0.4 is 15.4 Å². The molecule has 1 fully saturated rings. The maximum absolute atomic E-state index is 11.4. The zero-order chi connectivity index (χ0) is 20.4. The molecule has 7 nitrogen and oxygen atoms in total. The van der Waals surface area contributed by atoms with Crippen LogP contribution in [-0.4, -0.2) is 71.9 Å². The number of piperidine rings is 1. The van der Waals surface area contributed by atoms with Crippen LogP contribution in [0.2, 0.25) is 0 Å². The van der Waals surface area contributed by atoms with Crippen LogP contribution in [-0.2, 0) is 9.84 Å². The van der Waals surface area contributed by atoms with Gasteiger partial charge in [0, 0.05) is 19.8 Å². The molecule has 28 heavy (non-hydrogen) atoms. The highest BCUT2D eigenvalue weighted by atomic mass is 32.2. The van der Waals surface area contributed by atoms with E-state index in [1.165, 1.54) is 32.2 Å². The zero-order valence-electron chi connectivity index (χ0n) is 17.3. The summed E-state index contributed by atoms with van der Waals surface area (Å²) in [7, 11) is -1.42. The second kappa shape index (κ2) is 11.3. The Morgan fingerprint density at radius 2 is 1.82 bits per heavy atom. The van der Waals surface area contributed by atoms with Gasteiger partial charge in [-0.1, -0.05) is 6.92 Å². The Hall–Kier alpha value is -1.80. The molecule has 2 rings (SSSR count). The quantitative estimate of drug-likeness (QED) is 0.367. The lowest BCUT2D eigenvalue weighted by Gasteiger charge is -2.30. The van der Waals surface area contributed by atoms with Crippen molar-refractivity contribution in [2.45, 2.75) is 31.1 Å². The number of benzene rings is 1. The SMILES string of the molecule is CN=C(NCCCN1CCC(C)CC1)NCCOc1ccc(S(C)(=O)=O)cc1. The van der Waals surface area contributed by atoms with Crippen LogP contribution in [0.1, 0.15) is 26.2 Å². The Morgan fingerprint density at radius 1 is 1.18 bits per heavy atom. The van der Waals surface area contributed by atoms with E-state index in [9.17, 15) is 8.42 Å². The third-order valence-electron chi connectivity index (χ3n) is 4.96. The molecule has 1 aliphatic rings. The van der Waals surface area contributed by atoms with Crippen molar-refractivity contribution in [2.75, 3.05) is 52.6 Å². The second-order valence-electron chi connectivity index (χ2n) is 7.40. The van der Waals surface area contributed by atoms with Gasteiger partial charge in [-0.15, -0.1) is 0 Å². The van der Waals surface area contributed by atoms with Crippen molar-refractivity contribution < 1.29 is 13.2 Å². The summed E-state index contributed by atoms with van der Waals surface area (Å²) in [6, 6.07) is 6.46. The maximum Gasteiger partial charge on any atom is 0.191 e. The third kappa shape index (κ3) is 8.06. The normalized spacial score (nSPS) is 16.8. The summed E-state index contributed by atoms with van der Waals surface area (Å²) in [6.45, 7) is 7.86. The molecule has 0 unspecified atom stereocenters. The van der Waals surface area contributed by atoms with Crippen LogP contribution in [0.4, 0.5) is 0 Å². The Kier molecular flexibility index (Phi) is 9.05. The molecule has 0 amide bonds. The number of sulfone groups is 1. The first-order valence-corrected chi connectivity index (χ1v) is 11.9. The van der Waals surface area contributed by atoms with Crippen molar-refractivity contribution in [3.05, 3.63) is 24.3 Å². The van der Waals surface area contributed by atoms with E-state index in [1.54, 1.807) is 31.3 Å². The number of hydrogen-bond donors (Lipinski definition) is 2. The zero-order valence-corrected chi connectivity index (χ0v) is 18.1. The molecule has 0 bridgehead atoms. The van der Waals surface area contributed by atoms with Crippen LogP contribution in [0.15, 0.2) is 34.2 Å². The summed E-state index contributed by atoms with van der Waals surface area (Å²) in [5.41, 5.74) is 0. The van der Waals surface area contributed by atoms with Gasteiger partial charge in [-0.05, 0) is 69.1 Å². The fraction of sp³-hybridized carbons (Fsp3) is 0.650. The number of nitrogens with zero attached hydrogens (tertiary/aromatic N) is 2. The predicted octanol–water partition coefficient (Wildman–Crippen LogP) is 1.76. The largest absolute Gasteiger partial charge is 0.492 e. The summed E-state index contributed by atoms with van der Waals surface area (Å²) >= 11 is 0. The first-order valence-electron chi connectivity index (χ1n) is 9.98. The Morgan fingerprint density at radius 3 is 2.43 bits per heavy atom. The van der Waals surface area contributed by atoms with Gasteiger partial charge in [-0.2, -0.15) is 0 Å². The lowest BCUT2D eigenvalue weighted by Crippen LogP contribution is -2.41. The highest BCUT2D eigenvalue weighted by Gasteiger charge is 2.14. The number of nitrogens with one attached hydrogen (secondary N) is 2. The monoisotopic (exact) mass is 410 g/mol. The molecule has 0 aromatic heterocycles. The van der Waals surface area contributed by atoms with Crippen molar-refractivity contribution in [2.24, 2.45) is 10.9 Å². The van der Waals surface area contributed by atoms with Gasteiger partial charge in [0.05, 0.1) is 11.4 Å². The van der Waals surface area contributed by atoms with Gasteiger partial charge in [-0.25, -0.2) is 8.42 Å². The molecular weight excluding hydrogens is 376 g/mol. The van der Waals surface area contributed by atoms with E-state index in [0.29, 0.717) is 23.8 Å². The van der Waals surface area contributed by atoms with E-state index < -0.39 is 9.84 Å². The van der Waals surface area contributed by atoms with Crippen molar-refractivity contribution in [1.82, 2.24) is 15.5 Å². The Labute approximate surface area is 169 Å². The lowest BCUT2D eigenvalue weighted by atomic mass is 9.99. The smallest absolute Gasteiger partial charge is 0.191 e. The van der Waals surface area contributed by atoms with Crippen LogP contribution in [0, 0.1) is 5.92 Å². The van der Waals surface area contributed by atoms with Crippen molar-refractivity contribution in [3.8, 4) is 5.75 Å². The third-order valence-corrected chi connectivity index (χ3v) is 6.09. The van der Waals surface area contributed by atoms with Crippen LogP contribution in [0.5, 0.6) is 5.75 Å². The Balaban J connectivity index is 1.58. The maximum atomic E-state index is 11.4. The van der Waals surface area contributed by atoms with Gasteiger partial charge in [0.25, 0.3) is 0 Å². The second-order valence-corrected chi connectivity index (χ2v) is 9.41. The van der Waals surface area contributed by atoms with Gasteiger partial charge < -0.3 is 20.3 Å². The highest BCUT2D eigenvalue weighted by molar-refractivity contribution is 7.90. The number of guanidine groups is 1. The summed E-state index contributed by atoms with van der Waals surface area (Å²) in [5, 5.41) is 6.55. The molecule has 0 aliphatic carbocycles. The molecular formula is C20H34N4O3S. The molecule has 0 atom stereocenters. The van der Waals surface area contributed by atoms with Gasteiger partial charge in [-0.3, -0.25) is 4.99 Å².